The number of halogens is 1. The van der Waals surface area contributed by atoms with E-state index in [1.54, 1.807) is 27.7 Å². The zero-order valence-electron chi connectivity index (χ0n) is 13.7. The number of likely N-dealkylation sites (N-methyl/N-ethyl adjacent to an activating group) is 1. The van der Waals surface area contributed by atoms with Gasteiger partial charge < -0.3 is 4.90 Å². The highest BCUT2D eigenvalue weighted by molar-refractivity contribution is 6.30. The van der Waals surface area contributed by atoms with Crippen LogP contribution in [-0.2, 0) is 6.54 Å². The first-order valence-corrected chi connectivity index (χ1v) is 8.31. The fourth-order valence-electron chi connectivity index (χ4n) is 2.55. The zero-order chi connectivity index (χ0) is 17.1. The fourth-order valence-corrected chi connectivity index (χ4v) is 2.67. The largest absolute Gasteiger partial charge is 0.302 e. The van der Waals surface area contributed by atoms with Crippen molar-refractivity contribution < 1.29 is 0 Å². The highest BCUT2D eigenvalue weighted by Gasteiger charge is 2.13. The smallest absolute Gasteiger partial charge is 0.283 e. The molecule has 0 unspecified atom stereocenters. The molecule has 0 aliphatic heterocycles. The molecule has 0 aliphatic carbocycles. The van der Waals surface area contributed by atoms with Gasteiger partial charge in [0.05, 0.1) is 5.69 Å². The van der Waals surface area contributed by atoms with Crippen LogP contribution in [0.15, 0.2) is 35.4 Å². The third-order valence-electron chi connectivity index (χ3n) is 4.05. The molecule has 7 nitrogen and oxygen atoms in total. The molecule has 24 heavy (non-hydrogen) atoms. The molecule has 0 bridgehead atoms. The minimum absolute atomic E-state index is 0.174. The van der Waals surface area contributed by atoms with Gasteiger partial charge >= 0.3 is 0 Å². The highest BCUT2D eigenvalue weighted by atomic mass is 35.5. The van der Waals surface area contributed by atoms with Crippen molar-refractivity contribution in [3.05, 3.63) is 46.0 Å². The Morgan fingerprint density at radius 1 is 1.17 bits per heavy atom. The maximum Gasteiger partial charge on any atom is 0.283 e. The average molecular weight is 347 g/mol. The molecule has 126 valence electrons. The first-order valence-electron chi connectivity index (χ1n) is 7.93. The minimum Gasteiger partial charge on any atom is -0.302 e. The van der Waals surface area contributed by atoms with E-state index in [0.29, 0.717) is 17.2 Å². The predicted octanol–water partition coefficient (Wildman–Crippen LogP) is 1.97. The van der Waals surface area contributed by atoms with Crippen molar-refractivity contribution in [3.8, 4) is 5.69 Å². The van der Waals surface area contributed by atoms with Gasteiger partial charge in [0.1, 0.15) is 6.33 Å². The summed E-state index contributed by atoms with van der Waals surface area (Å²) < 4.78 is 3.13. The van der Waals surface area contributed by atoms with Crippen molar-refractivity contribution in [2.24, 2.45) is 0 Å². The standard InChI is InChI=1S/C16H19ClN6O/c1-3-21(4-2)9-10-22-11-18-15-14(16(22)24)19-20-23(15)13-7-5-12(17)6-8-13/h5-8,11H,3-4,9-10H2,1-2H3. The molecule has 0 fully saturated rings. The van der Waals surface area contributed by atoms with Crippen molar-refractivity contribution >= 4 is 22.8 Å². The maximum absolute atomic E-state index is 12.6. The lowest BCUT2D eigenvalue weighted by atomic mass is 10.3. The second-order valence-electron chi connectivity index (χ2n) is 5.42. The lowest BCUT2D eigenvalue weighted by molar-refractivity contribution is 0.289. The lowest BCUT2D eigenvalue weighted by Crippen LogP contribution is -2.31. The molecule has 0 N–H and O–H groups in total. The summed E-state index contributed by atoms with van der Waals surface area (Å²) in [5.74, 6) is 0. The molecule has 2 aromatic heterocycles. The fraction of sp³-hybridized carbons (Fsp3) is 0.375. The van der Waals surface area contributed by atoms with Crippen molar-refractivity contribution in [2.45, 2.75) is 20.4 Å². The molecule has 0 saturated heterocycles. The van der Waals surface area contributed by atoms with E-state index in [2.05, 4.69) is 34.0 Å². The Labute approximate surface area is 144 Å². The van der Waals surface area contributed by atoms with Gasteiger partial charge in [0.2, 0.25) is 0 Å². The van der Waals surface area contributed by atoms with Crippen molar-refractivity contribution in [3.63, 3.8) is 0 Å². The molecule has 1 aromatic carbocycles. The van der Waals surface area contributed by atoms with Gasteiger partial charge in [-0.1, -0.05) is 30.7 Å². The molecule has 0 aliphatic rings. The molecule has 2 heterocycles. The summed E-state index contributed by atoms with van der Waals surface area (Å²) in [4.78, 5) is 19.2. The Morgan fingerprint density at radius 3 is 2.54 bits per heavy atom. The summed E-state index contributed by atoms with van der Waals surface area (Å²) in [5, 5.41) is 8.71. The van der Waals surface area contributed by atoms with Crippen LogP contribution >= 0.6 is 11.6 Å². The Morgan fingerprint density at radius 2 is 1.88 bits per heavy atom. The average Bonchev–Trinajstić information content (AvgIpc) is 3.03. The van der Waals surface area contributed by atoms with Gasteiger partial charge in [-0.25, -0.2) is 4.98 Å². The van der Waals surface area contributed by atoms with E-state index in [4.69, 9.17) is 11.6 Å². The summed E-state index contributed by atoms with van der Waals surface area (Å²) in [6.07, 6.45) is 1.56. The van der Waals surface area contributed by atoms with Gasteiger partial charge in [0, 0.05) is 18.1 Å². The maximum atomic E-state index is 12.6. The number of benzene rings is 1. The Bertz CT molecular complexity index is 882. The number of hydrogen-bond acceptors (Lipinski definition) is 5. The van der Waals surface area contributed by atoms with Gasteiger partial charge in [-0.15, -0.1) is 5.10 Å². The molecule has 0 radical (unpaired) electrons. The molecule has 3 rings (SSSR count). The minimum atomic E-state index is -0.174. The van der Waals surface area contributed by atoms with Crippen LogP contribution in [0, 0.1) is 0 Å². The summed E-state index contributed by atoms with van der Waals surface area (Å²) >= 11 is 5.90. The third kappa shape index (κ3) is 3.18. The molecule has 8 heteroatoms. The number of aromatic nitrogens is 5. The first kappa shape index (κ1) is 16.6. The molecule has 0 spiro atoms. The molecule has 3 aromatic rings. The third-order valence-corrected chi connectivity index (χ3v) is 4.30. The quantitative estimate of drug-likeness (QED) is 0.682. The highest BCUT2D eigenvalue weighted by Crippen LogP contribution is 2.15. The van der Waals surface area contributed by atoms with Crippen molar-refractivity contribution in [1.82, 2.24) is 29.4 Å². The van der Waals surface area contributed by atoms with Crippen LogP contribution in [0.5, 0.6) is 0 Å². The van der Waals surface area contributed by atoms with E-state index < -0.39 is 0 Å². The van der Waals surface area contributed by atoms with Crippen LogP contribution in [0.3, 0.4) is 0 Å². The van der Waals surface area contributed by atoms with Crippen molar-refractivity contribution in [1.29, 1.82) is 0 Å². The van der Waals surface area contributed by atoms with Crippen LogP contribution in [0.25, 0.3) is 16.9 Å². The van der Waals surface area contributed by atoms with Gasteiger partial charge in [-0.3, -0.25) is 9.36 Å². The van der Waals surface area contributed by atoms with Gasteiger partial charge in [-0.2, -0.15) is 4.68 Å². The second-order valence-corrected chi connectivity index (χ2v) is 5.86. The zero-order valence-corrected chi connectivity index (χ0v) is 14.4. The SMILES string of the molecule is CCN(CC)CCn1cnc2c(nnn2-c2ccc(Cl)cc2)c1=O. The number of nitrogens with zero attached hydrogens (tertiary/aromatic N) is 6. The van der Waals surface area contributed by atoms with Gasteiger partial charge in [-0.05, 0) is 37.4 Å². The number of hydrogen-bond donors (Lipinski definition) is 0. The Kier molecular flexibility index (Phi) is 4.92. The second kappa shape index (κ2) is 7.11. The molecule has 0 saturated carbocycles. The first-order chi connectivity index (χ1) is 11.6. The van der Waals surface area contributed by atoms with Crippen LogP contribution < -0.4 is 5.56 Å². The van der Waals surface area contributed by atoms with Crippen LogP contribution in [-0.4, -0.2) is 49.1 Å². The molecule has 0 atom stereocenters. The van der Waals surface area contributed by atoms with Crippen molar-refractivity contribution in [2.75, 3.05) is 19.6 Å². The molecular weight excluding hydrogens is 328 g/mol. The number of fused-ring (bicyclic) bond motifs is 1. The lowest BCUT2D eigenvalue weighted by Gasteiger charge is -2.18. The van der Waals surface area contributed by atoms with E-state index in [-0.39, 0.29) is 11.1 Å². The summed E-state index contributed by atoms with van der Waals surface area (Å²) in [5.41, 5.74) is 1.30. The van der Waals surface area contributed by atoms with E-state index >= 15 is 0 Å². The Balaban J connectivity index is 1.93. The van der Waals surface area contributed by atoms with E-state index in [1.165, 1.54) is 0 Å². The molecular formula is C16H19ClN6O. The summed E-state index contributed by atoms with van der Waals surface area (Å²) in [6.45, 7) is 7.49. The van der Waals surface area contributed by atoms with E-state index in [9.17, 15) is 4.79 Å². The van der Waals surface area contributed by atoms with Crippen LogP contribution in [0.4, 0.5) is 0 Å². The van der Waals surface area contributed by atoms with Gasteiger partial charge in [0.25, 0.3) is 5.56 Å². The molecule has 0 amide bonds. The number of rotatable bonds is 6. The van der Waals surface area contributed by atoms with Gasteiger partial charge in [0.15, 0.2) is 11.2 Å². The normalized spacial score (nSPS) is 11.5. The monoisotopic (exact) mass is 346 g/mol. The van der Waals surface area contributed by atoms with E-state index in [0.717, 1.165) is 25.3 Å². The van der Waals surface area contributed by atoms with E-state index in [1.807, 2.05) is 12.1 Å². The van der Waals surface area contributed by atoms with Crippen LogP contribution in [0.2, 0.25) is 5.02 Å². The summed E-state index contributed by atoms with van der Waals surface area (Å²) in [6, 6.07) is 7.14. The topological polar surface area (TPSA) is 68.8 Å². The predicted molar refractivity (Wildman–Crippen MR) is 93.7 cm³/mol. The Hall–Kier alpha value is -2.25. The summed E-state index contributed by atoms with van der Waals surface area (Å²) in [7, 11) is 0. The van der Waals surface area contributed by atoms with Crippen LogP contribution in [0.1, 0.15) is 13.8 Å².